The van der Waals surface area contributed by atoms with Crippen molar-refractivity contribution >= 4 is 11.8 Å². The van der Waals surface area contributed by atoms with Crippen molar-refractivity contribution in [3.8, 4) is 0 Å². The van der Waals surface area contributed by atoms with E-state index in [0.717, 1.165) is 18.5 Å². The van der Waals surface area contributed by atoms with Crippen LogP contribution in [0.5, 0.6) is 0 Å². The van der Waals surface area contributed by atoms with Crippen molar-refractivity contribution in [1.82, 2.24) is 19.8 Å². The number of nitrogens with zero attached hydrogens (tertiary/aromatic N) is 3. The van der Waals surface area contributed by atoms with Gasteiger partial charge in [0, 0.05) is 38.0 Å². The van der Waals surface area contributed by atoms with Crippen molar-refractivity contribution < 1.29 is 52.2 Å². The molecule has 2 fully saturated rings. The number of rotatable bonds is 30. The maximum Gasteiger partial charge on any atom is 0.246 e. The summed E-state index contributed by atoms with van der Waals surface area (Å²) in [4.78, 5) is 31.1. The first-order chi connectivity index (χ1) is 22.7. The molecule has 3 heterocycles. The molecule has 0 spiro atoms. The number of amides is 2. The van der Waals surface area contributed by atoms with Crippen LogP contribution in [0.15, 0.2) is 12.5 Å². The molecule has 2 aliphatic rings. The number of ether oxygens (including phenoxy) is 9. The minimum absolute atomic E-state index is 0.00666. The lowest BCUT2D eigenvalue weighted by atomic mass is 10.0. The van der Waals surface area contributed by atoms with E-state index in [1.165, 1.54) is 0 Å². The average molecular weight is 659 g/mol. The molecule has 1 aromatic rings. The lowest BCUT2D eigenvalue weighted by Crippen LogP contribution is -2.61. The lowest BCUT2D eigenvalue weighted by Gasteiger charge is -2.34. The number of hydrogen-bond acceptors (Lipinski definition) is 12. The van der Waals surface area contributed by atoms with Crippen LogP contribution >= 0.6 is 0 Å². The Morgan fingerprint density at radius 1 is 0.696 bits per heavy atom. The molecule has 15 heteroatoms. The zero-order chi connectivity index (χ0) is 32.5. The molecule has 46 heavy (non-hydrogen) atoms. The van der Waals surface area contributed by atoms with E-state index in [9.17, 15) is 9.59 Å². The fourth-order valence-electron chi connectivity index (χ4n) is 4.97. The SMILES string of the molecule is CCOCCOCCOCCOCCOCCOCCOCCOCCOCCn1cncc1C[C@@H]1NC(=O)[C@@H]2CCCN2C1=O. The van der Waals surface area contributed by atoms with Gasteiger partial charge in [0.05, 0.1) is 119 Å². The monoisotopic (exact) mass is 658 g/mol. The quantitative estimate of drug-likeness (QED) is 0.112. The van der Waals surface area contributed by atoms with Gasteiger partial charge in [0.1, 0.15) is 12.1 Å². The maximum atomic E-state index is 12.8. The second-order valence-electron chi connectivity index (χ2n) is 10.6. The van der Waals surface area contributed by atoms with Crippen molar-refractivity contribution in [2.45, 2.75) is 44.8 Å². The van der Waals surface area contributed by atoms with Gasteiger partial charge in [0.15, 0.2) is 0 Å². The highest BCUT2D eigenvalue weighted by molar-refractivity contribution is 5.97. The fourth-order valence-corrected chi connectivity index (χ4v) is 4.97. The van der Waals surface area contributed by atoms with E-state index >= 15 is 0 Å². The highest BCUT2D eigenvalue weighted by Crippen LogP contribution is 2.23. The minimum atomic E-state index is -0.546. The first kappa shape index (κ1) is 38.2. The van der Waals surface area contributed by atoms with Crippen LogP contribution in [0.4, 0.5) is 0 Å². The smallest absolute Gasteiger partial charge is 0.246 e. The molecule has 0 unspecified atom stereocenters. The first-order valence-corrected chi connectivity index (χ1v) is 16.5. The molecule has 2 amide bonds. The summed E-state index contributed by atoms with van der Waals surface area (Å²) >= 11 is 0. The topological polar surface area (TPSA) is 150 Å². The molecular weight excluding hydrogens is 604 g/mol. The number of carbonyl (C=O) groups excluding carboxylic acids is 2. The molecule has 0 aliphatic carbocycles. The van der Waals surface area contributed by atoms with Gasteiger partial charge in [-0.3, -0.25) is 9.59 Å². The van der Waals surface area contributed by atoms with Gasteiger partial charge in [0.25, 0.3) is 0 Å². The van der Waals surface area contributed by atoms with Gasteiger partial charge in [0.2, 0.25) is 11.8 Å². The van der Waals surface area contributed by atoms with Gasteiger partial charge < -0.3 is 57.4 Å². The predicted octanol–water partition coefficient (Wildman–Crippen LogP) is 0.0843. The number of piperazine rings is 1. The van der Waals surface area contributed by atoms with Crippen molar-refractivity contribution in [1.29, 1.82) is 0 Å². The third-order valence-corrected chi connectivity index (χ3v) is 7.32. The summed E-state index contributed by atoms with van der Waals surface area (Å²) in [5, 5.41) is 2.89. The van der Waals surface area contributed by atoms with Gasteiger partial charge in [-0.25, -0.2) is 4.98 Å². The number of imidazole rings is 1. The molecule has 15 nitrogen and oxygen atoms in total. The summed E-state index contributed by atoms with van der Waals surface area (Å²) in [7, 11) is 0. The molecule has 2 aliphatic heterocycles. The van der Waals surface area contributed by atoms with Crippen LogP contribution in [0.25, 0.3) is 0 Å². The van der Waals surface area contributed by atoms with Gasteiger partial charge >= 0.3 is 0 Å². The molecule has 0 aromatic carbocycles. The molecule has 2 atom stereocenters. The van der Waals surface area contributed by atoms with Crippen LogP contribution in [-0.2, 0) is 65.2 Å². The Balaban J connectivity index is 1.02. The first-order valence-electron chi connectivity index (χ1n) is 16.5. The van der Waals surface area contributed by atoms with E-state index in [0.29, 0.717) is 138 Å². The van der Waals surface area contributed by atoms with Crippen molar-refractivity contribution in [3.63, 3.8) is 0 Å². The summed E-state index contributed by atoms with van der Waals surface area (Å²) in [6, 6.07) is -0.848. The average Bonchev–Trinajstić information content (AvgIpc) is 3.74. The van der Waals surface area contributed by atoms with Crippen LogP contribution in [0.3, 0.4) is 0 Å². The largest absolute Gasteiger partial charge is 0.379 e. The van der Waals surface area contributed by atoms with Gasteiger partial charge in [-0.1, -0.05) is 0 Å². The fraction of sp³-hybridized carbons (Fsp3) is 0.839. The molecule has 2 saturated heterocycles. The van der Waals surface area contributed by atoms with E-state index in [-0.39, 0.29) is 17.9 Å². The minimum Gasteiger partial charge on any atom is -0.379 e. The Morgan fingerprint density at radius 3 is 1.63 bits per heavy atom. The van der Waals surface area contributed by atoms with E-state index in [2.05, 4.69) is 10.3 Å². The number of fused-ring (bicyclic) bond motifs is 1. The molecule has 3 rings (SSSR count). The Kier molecular flexibility index (Phi) is 20.7. The normalized spacial score (nSPS) is 18.0. The Labute approximate surface area is 272 Å². The second-order valence-corrected chi connectivity index (χ2v) is 10.6. The highest BCUT2D eigenvalue weighted by atomic mass is 16.6. The van der Waals surface area contributed by atoms with Crippen LogP contribution in [-0.4, -0.2) is 164 Å². The van der Waals surface area contributed by atoms with E-state index < -0.39 is 6.04 Å². The van der Waals surface area contributed by atoms with Crippen molar-refractivity contribution in [3.05, 3.63) is 18.2 Å². The number of carbonyl (C=O) groups is 2. The maximum absolute atomic E-state index is 12.8. The Bertz CT molecular complexity index is 938. The molecule has 0 saturated carbocycles. The zero-order valence-electron chi connectivity index (χ0n) is 27.4. The van der Waals surface area contributed by atoms with E-state index in [1.54, 1.807) is 17.4 Å². The van der Waals surface area contributed by atoms with Crippen LogP contribution in [0.1, 0.15) is 25.5 Å². The molecule has 1 N–H and O–H groups in total. The third-order valence-electron chi connectivity index (χ3n) is 7.32. The van der Waals surface area contributed by atoms with Crippen LogP contribution in [0.2, 0.25) is 0 Å². The summed E-state index contributed by atoms with van der Waals surface area (Å²) in [6.07, 6.45) is 5.48. The number of aromatic nitrogens is 2. The standard InChI is InChI=1S/C31H54N4O11/c1-2-38-8-9-40-12-13-42-16-17-44-20-21-46-23-22-45-19-18-43-15-14-41-11-10-39-7-6-34-26-32-25-27(34)24-28-31(37)35-5-3-4-29(35)30(36)33-28/h25-26,28-29H,2-24H2,1H3,(H,33,36)/t28-,29-/m0/s1. The van der Waals surface area contributed by atoms with Crippen LogP contribution < -0.4 is 5.32 Å². The number of nitrogens with one attached hydrogen (secondary N) is 1. The molecular formula is C31H54N4O11. The Hall–Kier alpha value is -2.21. The van der Waals surface area contributed by atoms with Gasteiger partial charge in [-0.05, 0) is 19.8 Å². The lowest BCUT2D eigenvalue weighted by molar-refractivity contribution is -0.147. The summed E-state index contributed by atoms with van der Waals surface area (Å²) in [5.41, 5.74) is 0.888. The summed E-state index contributed by atoms with van der Waals surface area (Å²) in [6.45, 7) is 12.6. The third kappa shape index (κ3) is 15.6. The molecule has 0 radical (unpaired) electrons. The van der Waals surface area contributed by atoms with Crippen LogP contribution in [0, 0.1) is 0 Å². The second kappa shape index (κ2) is 24.9. The van der Waals surface area contributed by atoms with E-state index in [4.69, 9.17) is 42.6 Å². The summed E-state index contributed by atoms with van der Waals surface area (Å²) in [5.74, 6) is -0.0624. The predicted molar refractivity (Wildman–Crippen MR) is 166 cm³/mol. The van der Waals surface area contributed by atoms with Crippen molar-refractivity contribution in [2.75, 3.05) is 125 Å². The Morgan fingerprint density at radius 2 is 1.15 bits per heavy atom. The zero-order valence-corrected chi connectivity index (χ0v) is 27.4. The van der Waals surface area contributed by atoms with E-state index in [1.807, 2.05) is 11.5 Å². The van der Waals surface area contributed by atoms with Crippen molar-refractivity contribution in [2.24, 2.45) is 0 Å². The highest BCUT2D eigenvalue weighted by Gasteiger charge is 2.43. The van der Waals surface area contributed by atoms with Gasteiger partial charge in [-0.2, -0.15) is 0 Å². The number of hydrogen-bond donors (Lipinski definition) is 1. The molecule has 1 aromatic heterocycles. The van der Waals surface area contributed by atoms with Gasteiger partial charge in [-0.15, -0.1) is 0 Å². The summed E-state index contributed by atoms with van der Waals surface area (Å²) < 4.78 is 51.1. The molecule has 0 bridgehead atoms. The molecule has 264 valence electrons.